The van der Waals surface area contributed by atoms with E-state index in [4.69, 9.17) is 0 Å². The Morgan fingerprint density at radius 1 is 0.850 bits per heavy atom. The minimum atomic E-state index is 0.799. The molecule has 0 radical (unpaired) electrons. The number of halogens is 1. The Balaban J connectivity index is 1.67. The van der Waals surface area contributed by atoms with Crippen molar-refractivity contribution in [2.75, 3.05) is 0 Å². The van der Waals surface area contributed by atoms with Gasteiger partial charge in [0.15, 0.2) is 0 Å². The normalized spacial score (nSPS) is 27.9. The molecule has 1 heteroatoms. The van der Waals surface area contributed by atoms with E-state index in [1.807, 2.05) is 0 Å². The van der Waals surface area contributed by atoms with Crippen molar-refractivity contribution >= 4 is 15.9 Å². The summed E-state index contributed by atoms with van der Waals surface area (Å²) in [5, 5.41) is 0. The van der Waals surface area contributed by atoms with Gasteiger partial charge in [0, 0.05) is 4.47 Å². The van der Waals surface area contributed by atoms with Crippen LogP contribution in [0.2, 0.25) is 0 Å². The van der Waals surface area contributed by atoms with Crippen LogP contribution < -0.4 is 0 Å². The second-order valence-corrected chi connectivity index (χ2v) is 7.24. The first kappa shape index (κ1) is 12.6. The van der Waals surface area contributed by atoms with Crippen molar-refractivity contribution in [3.8, 4) is 11.1 Å². The van der Waals surface area contributed by atoms with Crippen LogP contribution in [0.5, 0.6) is 0 Å². The lowest BCUT2D eigenvalue weighted by atomic mass is 9.83. The number of benzene rings is 2. The Morgan fingerprint density at radius 3 is 2.35 bits per heavy atom. The maximum absolute atomic E-state index is 3.83. The van der Waals surface area contributed by atoms with Gasteiger partial charge in [0.25, 0.3) is 0 Å². The zero-order chi connectivity index (χ0) is 13.5. The molecule has 20 heavy (non-hydrogen) atoms. The molecule has 0 nitrogen and oxygen atoms in total. The fourth-order valence-electron chi connectivity index (χ4n) is 4.26. The summed E-state index contributed by atoms with van der Waals surface area (Å²) in [5.41, 5.74) is 4.15. The van der Waals surface area contributed by atoms with E-state index in [1.165, 1.54) is 46.8 Å². The average Bonchev–Trinajstić information content (AvgIpc) is 3.11. The second kappa shape index (κ2) is 5.04. The van der Waals surface area contributed by atoms with Gasteiger partial charge < -0.3 is 0 Å². The standard InChI is InChI=1S/C19H19Br/c20-19-12-15(14-4-2-1-3-5-14)8-9-17(19)18-11-13-6-7-16(18)10-13/h1-5,8-9,12-13,16,18H,6-7,10-11H2. The van der Waals surface area contributed by atoms with Crippen LogP contribution in [0.3, 0.4) is 0 Å². The van der Waals surface area contributed by atoms with E-state index < -0.39 is 0 Å². The molecule has 2 bridgehead atoms. The summed E-state index contributed by atoms with van der Waals surface area (Å²) in [6.07, 6.45) is 5.80. The highest BCUT2D eigenvalue weighted by molar-refractivity contribution is 9.10. The predicted molar refractivity (Wildman–Crippen MR) is 87.8 cm³/mol. The largest absolute Gasteiger partial charge is 0.0622 e. The van der Waals surface area contributed by atoms with Crippen molar-refractivity contribution in [2.24, 2.45) is 11.8 Å². The summed E-state index contributed by atoms with van der Waals surface area (Å²) in [6.45, 7) is 0. The summed E-state index contributed by atoms with van der Waals surface area (Å²) in [6, 6.07) is 17.6. The van der Waals surface area contributed by atoms with Crippen molar-refractivity contribution in [1.29, 1.82) is 0 Å². The molecule has 0 N–H and O–H groups in total. The maximum Gasteiger partial charge on any atom is 0.0216 e. The van der Waals surface area contributed by atoms with Crippen LogP contribution in [0, 0.1) is 11.8 Å². The van der Waals surface area contributed by atoms with Crippen LogP contribution >= 0.6 is 15.9 Å². The summed E-state index contributed by atoms with van der Waals surface area (Å²) >= 11 is 3.83. The highest BCUT2D eigenvalue weighted by Crippen LogP contribution is 2.54. The molecule has 0 aliphatic heterocycles. The third-order valence-corrected chi connectivity index (χ3v) is 5.93. The van der Waals surface area contributed by atoms with Gasteiger partial charge in [0.2, 0.25) is 0 Å². The minimum absolute atomic E-state index is 0.799. The SMILES string of the molecule is Brc1cc(-c2ccccc2)ccc1C1CC2CCC1C2. The van der Waals surface area contributed by atoms with Gasteiger partial charge in [0.1, 0.15) is 0 Å². The summed E-state index contributed by atoms with van der Waals surface area (Å²) in [4.78, 5) is 0. The zero-order valence-electron chi connectivity index (χ0n) is 11.6. The van der Waals surface area contributed by atoms with Gasteiger partial charge in [-0.05, 0) is 59.8 Å². The molecule has 2 aromatic rings. The third-order valence-electron chi connectivity index (χ3n) is 5.25. The van der Waals surface area contributed by atoms with Gasteiger partial charge in [-0.25, -0.2) is 0 Å². The van der Waals surface area contributed by atoms with E-state index in [0.29, 0.717) is 0 Å². The lowest BCUT2D eigenvalue weighted by Crippen LogP contribution is -2.09. The quantitative estimate of drug-likeness (QED) is 0.633. The van der Waals surface area contributed by atoms with Crippen molar-refractivity contribution in [1.82, 2.24) is 0 Å². The summed E-state index contributed by atoms with van der Waals surface area (Å²) < 4.78 is 1.30. The van der Waals surface area contributed by atoms with E-state index in [2.05, 4.69) is 64.5 Å². The molecule has 3 unspecified atom stereocenters. The highest BCUT2D eigenvalue weighted by Gasteiger charge is 2.40. The molecule has 3 atom stereocenters. The van der Waals surface area contributed by atoms with Crippen LogP contribution in [0.25, 0.3) is 11.1 Å². The number of rotatable bonds is 2. The lowest BCUT2D eigenvalue weighted by molar-refractivity contribution is 0.419. The molecule has 102 valence electrons. The first-order valence-corrected chi connectivity index (χ1v) is 8.45. The molecular weight excluding hydrogens is 308 g/mol. The molecule has 0 amide bonds. The predicted octanol–water partition coefficient (Wildman–Crippen LogP) is 6.02. The van der Waals surface area contributed by atoms with Gasteiger partial charge in [-0.15, -0.1) is 0 Å². The van der Waals surface area contributed by atoms with Gasteiger partial charge in [-0.1, -0.05) is 64.8 Å². The van der Waals surface area contributed by atoms with Gasteiger partial charge >= 0.3 is 0 Å². The lowest BCUT2D eigenvalue weighted by Gasteiger charge is -2.23. The Morgan fingerprint density at radius 2 is 1.70 bits per heavy atom. The van der Waals surface area contributed by atoms with E-state index in [1.54, 1.807) is 0 Å². The van der Waals surface area contributed by atoms with E-state index in [9.17, 15) is 0 Å². The van der Waals surface area contributed by atoms with Gasteiger partial charge in [-0.3, -0.25) is 0 Å². The van der Waals surface area contributed by atoms with Crippen molar-refractivity contribution in [3.63, 3.8) is 0 Å². The summed E-state index contributed by atoms with van der Waals surface area (Å²) in [7, 11) is 0. The molecule has 4 rings (SSSR count). The van der Waals surface area contributed by atoms with E-state index >= 15 is 0 Å². The molecule has 2 saturated carbocycles. The van der Waals surface area contributed by atoms with Crippen molar-refractivity contribution in [2.45, 2.75) is 31.6 Å². The van der Waals surface area contributed by atoms with Crippen LogP contribution in [0.1, 0.15) is 37.2 Å². The molecule has 0 spiro atoms. The Kier molecular flexibility index (Phi) is 3.18. The Bertz CT molecular complexity index is 617. The fourth-order valence-corrected chi connectivity index (χ4v) is 4.94. The molecule has 2 aliphatic rings. The number of hydrogen-bond acceptors (Lipinski definition) is 0. The Hall–Kier alpha value is -1.08. The molecule has 0 heterocycles. The molecule has 0 aromatic heterocycles. The monoisotopic (exact) mass is 326 g/mol. The first-order valence-electron chi connectivity index (χ1n) is 7.66. The topological polar surface area (TPSA) is 0 Å². The Labute approximate surface area is 129 Å². The van der Waals surface area contributed by atoms with Crippen molar-refractivity contribution < 1.29 is 0 Å². The van der Waals surface area contributed by atoms with Crippen molar-refractivity contribution in [3.05, 3.63) is 58.6 Å². The second-order valence-electron chi connectivity index (χ2n) is 6.38. The van der Waals surface area contributed by atoms with Gasteiger partial charge in [-0.2, -0.15) is 0 Å². The van der Waals surface area contributed by atoms with Gasteiger partial charge in [0.05, 0.1) is 0 Å². The third kappa shape index (κ3) is 2.13. The first-order chi connectivity index (χ1) is 9.81. The van der Waals surface area contributed by atoms with Crippen LogP contribution in [-0.2, 0) is 0 Å². The molecule has 0 saturated heterocycles. The zero-order valence-corrected chi connectivity index (χ0v) is 13.1. The molecule has 2 aliphatic carbocycles. The molecular formula is C19H19Br. The van der Waals surface area contributed by atoms with Crippen LogP contribution in [-0.4, -0.2) is 0 Å². The summed E-state index contributed by atoms with van der Waals surface area (Å²) in [5.74, 6) is 2.75. The van der Waals surface area contributed by atoms with Crippen LogP contribution in [0.15, 0.2) is 53.0 Å². The highest BCUT2D eigenvalue weighted by atomic mass is 79.9. The number of hydrogen-bond donors (Lipinski definition) is 0. The van der Waals surface area contributed by atoms with Crippen LogP contribution in [0.4, 0.5) is 0 Å². The molecule has 2 aromatic carbocycles. The average molecular weight is 327 g/mol. The maximum atomic E-state index is 3.83. The smallest absolute Gasteiger partial charge is 0.0216 e. The molecule has 2 fully saturated rings. The number of fused-ring (bicyclic) bond motifs is 2. The van der Waals surface area contributed by atoms with E-state index in [0.717, 1.165) is 17.8 Å². The fraction of sp³-hybridized carbons (Fsp3) is 0.368. The minimum Gasteiger partial charge on any atom is -0.0622 e. The van der Waals surface area contributed by atoms with E-state index in [-0.39, 0.29) is 0 Å².